The van der Waals surface area contributed by atoms with Crippen molar-refractivity contribution in [1.82, 2.24) is 9.80 Å². The Morgan fingerprint density at radius 1 is 1.04 bits per heavy atom. The third-order valence-electron chi connectivity index (χ3n) is 4.79. The van der Waals surface area contributed by atoms with Gasteiger partial charge in [-0.1, -0.05) is 32.8 Å². The van der Waals surface area contributed by atoms with Crippen LogP contribution in [-0.2, 0) is 4.79 Å². The Balaban J connectivity index is 1.95. The number of likely N-dealkylation sites (tertiary alicyclic amines) is 1. The van der Waals surface area contributed by atoms with Crippen LogP contribution in [0.15, 0.2) is 24.3 Å². The van der Waals surface area contributed by atoms with Gasteiger partial charge in [-0.25, -0.2) is 0 Å². The van der Waals surface area contributed by atoms with E-state index >= 15 is 0 Å². The van der Waals surface area contributed by atoms with Crippen LogP contribution in [0.1, 0.15) is 62.7 Å². The monoisotopic (exact) mass is 359 g/mol. The topological polar surface area (TPSA) is 52.7 Å². The van der Waals surface area contributed by atoms with E-state index in [1.807, 2.05) is 34.1 Å². The van der Waals surface area contributed by atoms with Crippen molar-refractivity contribution in [3.8, 4) is 0 Å². The molecule has 1 saturated heterocycles. The van der Waals surface area contributed by atoms with Gasteiger partial charge in [-0.3, -0.25) is 9.59 Å². The summed E-state index contributed by atoms with van der Waals surface area (Å²) < 4.78 is 0. The van der Waals surface area contributed by atoms with Crippen LogP contribution >= 0.6 is 0 Å². The van der Waals surface area contributed by atoms with E-state index in [2.05, 4.69) is 19.2 Å². The highest BCUT2D eigenvalue weighted by molar-refractivity contribution is 5.95. The molecule has 1 fully saturated rings. The molecule has 5 heteroatoms. The number of rotatable bonds is 8. The first-order chi connectivity index (χ1) is 12.7. The number of carbonyl (C=O) groups is 2. The Labute approximate surface area is 157 Å². The molecule has 1 N–H and O–H groups in total. The molecule has 0 aliphatic carbocycles. The summed E-state index contributed by atoms with van der Waals surface area (Å²) in [4.78, 5) is 29.0. The zero-order valence-electron chi connectivity index (χ0n) is 16.3. The first-order valence-corrected chi connectivity index (χ1v) is 10.1. The maximum atomic E-state index is 12.7. The molecule has 1 aromatic carbocycles. The second-order valence-electron chi connectivity index (χ2n) is 7.02. The fourth-order valence-corrected chi connectivity index (χ4v) is 3.41. The maximum absolute atomic E-state index is 12.7. The van der Waals surface area contributed by atoms with E-state index in [-0.39, 0.29) is 18.4 Å². The average Bonchev–Trinajstić information content (AvgIpc) is 2.95. The molecule has 5 nitrogen and oxygen atoms in total. The Morgan fingerprint density at radius 3 is 2.31 bits per heavy atom. The van der Waals surface area contributed by atoms with E-state index < -0.39 is 0 Å². The standard InChI is InChI=1S/C21H33N3O2/c1-3-12-23(13-4-2)20(25)17-22-19-11-9-10-18(16-19)21(26)24-14-7-5-6-8-15-24/h9-11,16,22H,3-8,12-15,17H2,1-2H3. The molecule has 1 aliphatic rings. The van der Waals surface area contributed by atoms with Crippen molar-refractivity contribution in [1.29, 1.82) is 0 Å². The van der Waals surface area contributed by atoms with Crippen LogP contribution in [0.4, 0.5) is 5.69 Å². The molecular weight excluding hydrogens is 326 g/mol. The quantitative estimate of drug-likeness (QED) is 0.769. The summed E-state index contributed by atoms with van der Waals surface area (Å²) in [6.45, 7) is 7.71. The highest BCUT2D eigenvalue weighted by Gasteiger charge is 2.17. The Kier molecular flexibility index (Phi) is 8.45. The zero-order valence-corrected chi connectivity index (χ0v) is 16.3. The number of anilines is 1. The molecule has 1 heterocycles. The lowest BCUT2D eigenvalue weighted by molar-refractivity contribution is -0.129. The molecule has 2 amide bonds. The number of nitrogens with one attached hydrogen (secondary N) is 1. The van der Waals surface area contributed by atoms with Gasteiger partial charge in [0.15, 0.2) is 0 Å². The number of benzene rings is 1. The molecule has 0 saturated carbocycles. The Bertz CT molecular complexity index is 574. The van der Waals surface area contributed by atoms with Crippen molar-refractivity contribution in [3.05, 3.63) is 29.8 Å². The van der Waals surface area contributed by atoms with Crippen LogP contribution in [-0.4, -0.2) is 54.3 Å². The summed E-state index contributed by atoms with van der Waals surface area (Å²) in [5, 5.41) is 3.19. The summed E-state index contributed by atoms with van der Waals surface area (Å²) >= 11 is 0. The van der Waals surface area contributed by atoms with Crippen LogP contribution < -0.4 is 5.32 Å². The second kappa shape index (κ2) is 10.8. The number of carbonyl (C=O) groups excluding carboxylic acids is 2. The van der Waals surface area contributed by atoms with E-state index in [1.54, 1.807) is 0 Å². The smallest absolute Gasteiger partial charge is 0.253 e. The lowest BCUT2D eigenvalue weighted by Gasteiger charge is -2.22. The SMILES string of the molecule is CCCN(CCC)C(=O)CNc1cccc(C(=O)N2CCCCCC2)c1. The molecule has 0 bridgehead atoms. The summed E-state index contributed by atoms with van der Waals surface area (Å²) in [6.07, 6.45) is 6.52. The van der Waals surface area contributed by atoms with Crippen LogP contribution in [0, 0.1) is 0 Å². The Morgan fingerprint density at radius 2 is 1.69 bits per heavy atom. The molecule has 0 atom stereocenters. The summed E-state index contributed by atoms with van der Waals surface area (Å²) in [5.41, 5.74) is 1.52. The molecule has 26 heavy (non-hydrogen) atoms. The van der Waals surface area contributed by atoms with Crippen molar-refractivity contribution >= 4 is 17.5 Å². The van der Waals surface area contributed by atoms with Crippen molar-refractivity contribution < 1.29 is 9.59 Å². The predicted molar refractivity (Wildman–Crippen MR) is 106 cm³/mol. The number of nitrogens with zero attached hydrogens (tertiary/aromatic N) is 2. The maximum Gasteiger partial charge on any atom is 0.253 e. The van der Waals surface area contributed by atoms with Gasteiger partial charge in [-0.2, -0.15) is 0 Å². The summed E-state index contributed by atoms with van der Waals surface area (Å²) in [5.74, 6) is 0.207. The number of amides is 2. The molecule has 1 aromatic rings. The van der Waals surface area contributed by atoms with E-state index in [9.17, 15) is 9.59 Å². The molecule has 0 unspecified atom stereocenters. The van der Waals surface area contributed by atoms with Gasteiger partial charge in [0.25, 0.3) is 5.91 Å². The first kappa shape index (κ1) is 20.3. The molecule has 2 rings (SSSR count). The molecule has 0 spiro atoms. The minimum absolute atomic E-state index is 0.0977. The third kappa shape index (κ3) is 6.04. The highest BCUT2D eigenvalue weighted by Crippen LogP contribution is 2.16. The van der Waals surface area contributed by atoms with E-state index in [4.69, 9.17) is 0 Å². The second-order valence-corrected chi connectivity index (χ2v) is 7.02. The van der Waals surface area contributed by atoms with Gasteiger partial charge in [-0.15, -0.1) is 0 Å². The minimum Gasteiger partial charge on any atom is -0.376 e. The number of hydrogen-bond acceptors (Lipinski definition) is 3. The van der Waals surface area contributed by atoms with E-state index in [1.165, 1.54) is 12.8 Å². The predicted octanol–water partition coefficient (Wildman–Crippen LogP) is 3.76. The van der Waals surface area contributed by atoms with Crippen molar-refractivity contribution in [2.75, 3.05) is 38.0 Å². The zero-order chi connectivity index (χ0) is 18.8. The third-order valence-corrected chi connectivity index (χ3v) is 4.79. The van der Waals surface area contributed by atoms with Gasteiger partial charge in [0.05, 0.1) is 6.54 Å². The lowest BCUT2D eigenvalue weighted by Crippen LogP contribution is -2.36. The van der Waals surface area contributed by atoms with Crippen molar-refractivity contribution in [2.45, 2.75) is 52.4 Å². The molecule has 0 aromatic heterocycles. The first-order valence-electron chi connectivity index (χ1n) is 10.1. The number of hydrogen-bond donors (Lipinski definition) is 1. The van der Waals surface area contributed by atoms with Crippen LogP contribution in [0.25, 0.3) is 0 Å². The summed E-state index contributed by atoms with van der Waals surface area (Å²) in [6, 6.07) is 7.52. The molecule has 0 radical (unpaired) electrons. The minimum atomic E-state index is 0.0977. The fraction of sp³-hybridized carbons (Fsp3) is 0.619. The van der Waals surface area contributed by atoms with Crippen LogP contribution in [0.2, 0.25) is 0 Å². The van der Waals surface area contributed by atoms with E-state index in [0.29, 0.717) is 5.56 Å². The molecular formula is C21H33N3O2. The average molecular weight is 360 g/mol. The van der Waals surface area contributed by atoms with Crippen LogP contribution in [0.3, 0.4) is 0 Å². The van der Waals surface area contributed by atoms with Gasteiger partial charge < -0.3 is 15.1 Å². The highest BCUT2D eigenvalue weighted by atomic mass is 16.2. The molecule has 1 aliphatic heterocycles. The van der Waals surface area contributed by atoms with Gasteiger partial charge in [0.1, 0.15) is 0 Å². The fourth-order valence-electron chi connectivity index (χ4n) is 3.41. The van der Waals surface area contributed by atoms with Crippen molar-refractivity contribution in [3.63, 3.8) is 0 Å². The van der Waals surface area contributed by atoms with Gasteiger partial charge >= 0.3 is 0 Å². The largest absolute Gasteiger partial charge is 0.376 e. The normalized spacial score (nSPS) is 14.6. The van der Waals surface area contributed by atoms with Gasteiger partial charge in [0.2, 0.25) is 5.91 Å². The lowest BCUT2D eigenvalue weighted by atomic mass is 10.1. The van der Waals surface area contributed by atoms with Gasteiger partial charge in [0, 0.05) is 37.4 Å². The summed E-state index contributed by atoms with van der Waals surface area (Å²) in [7, 11) is 0. The van der Waals surface area contributed by atoms with Gasteiger partial charge in [-0.05, 0) is 43.9 Å². The van der Waals surface area contributed by atoms with E-state index in [0.717, 1.165) is 57.5 Å². The Hall–Kier alpha value is -2.04. The van der Waals surface area contributed by atoms with Crippen LogP contribution in [0.5, 0.6) is 0 Å². The van der Waals surface area contributed by atoms with Crippen molar-refractivity contribution in [2.24, 2.45) is 0 Å². The molecule has 144 valence electrons.